The number of rotatable bonds is 6. The van der Waals surface area contributed by atoms with Gasteiger partial charge in [0.15, 0.2) is 17.3 Å². The summed E-state index contributed by atoms with van der Waals surface area (Å²) in [5.41, 5.74) is 0.744. The number of ether oxygens (including phenoxy) is 2. The topological polar surface area (TPSA) is 95.3 Å². The second-order valence-electron chi connectivity index (χ2n) is 6.84. The minimum Gasteiger partial charge on any atom is -0.486 e. The summed E-state index contributed by atoms with van der Waals surface area (Å²) < 4.78 is 38.7. The van der Waals surface area contributed by atoms with E-state index in [9.17, 15) is 8.42 Å². The molecule has 1 N–H and O–H groups in total. The van der Waals surface area contributed by atoms with Crippen LogP contribution in [-0.4, -0.2) is 42.7 Å². The Hall–Kier alpha value is -2.13. The summed E-state index contributed by atoms with van der Waals surface area (Å²) in [5, 5.41) is 4.59. The molecule has 2 heterocycles. The van der Waals surface area contributed by atoms with E-state index in [-0.39, 0.29) is 0 Å². The quantitative estimate of drug-likeness (QED) is 0.822. The molecule has 1 aromatic carbocycles. The third-order valence-corrected chi connectivity index (χ3v) is 4.60. The predicted octanol–water partition coefficient (Wildman–Crippen LogP) is 1.85. The molecule has 1 atom stereocenters. The summed E-state index contributed by atoms with van der Waals surface area (Å²) >= 11 is 0. The zero-order valence-electron chi connectivity index (χ0n) is 15.4. The van der Waals surface area contributed by atoms with Crippen molar-refractivity contribution in [1.29, 1.82) is 0 Å². The molecule has 2 aromatic rings. The first-order chi connectivity index (χ1) is 12.2. The molecule has 0 radical (unpaired) electrons. The van der Waals surface area contributed by atoms with Crippen LogP contribution in [0.4, 0.5) is 0 Å². The number of fused-ring (bicyclic) bond motifs is 1. The average molecular weight is 380 g/mol. The zero-order valence-corrected chi connectivity index (χ0v) is 16.2. The van der Waals surface area contributed by atoms with Gasteiger partial charge in [0.1, 0.15) is 19.0 Å². The first-order valence-corrected chi connectivity index (χ1v) is 10.4. The molecule has 1 aliphatic heterocycles. The Morgan fingerprint density at radius 3 is 2.54 bits per heavy atom. The van der Waals surface area contributed by atoms with Gasteiger partial charge in [0.05, 0.1) is 18.0 Å². The van der Waals surface area contributed by atoms with Crippen LogP contribution >= 0.6 is 0 Å². The van der Waals surface area contributed by atoms with Gasteiger partial charge >= 0.3 is 0 Å². The molecule has 1 aliphatic rings. The van der Waals surface area contributed by atoms with Gasteiger partial charge in [-0.2, -0.15) is 5.10 Å². The molecule has 0 amide bonds. The minimum absolute atomic E-state index is 0.386. The number of nitrogens with one attached hydrogen (secondary N) is 1. The van der Waals surface area contributed by atoms with Crippen LogP contribution in [0.15, 0.2) is 18.2 Å². The molecule has 0 unspecified atom stereocenters. The van der Waals surface area contributed by atoms with Crippen molar-refractivity contribution in [3.05, 3.63) is 29.8 Å². The Morgan fingerprint density at radius 1 is 1.19 bits per heavy atom. The van der Waals surface area contributed by atoms with Crippen molar-refractivity contribution in [2.45, 2.75) is 33.2 Å². The molecule has 8 nitrogen and oxygen atoms in total. The highest BCUT2D eigenvalue weighted by molar-refractivity contribution is 7.88. The van der Waals surface area contributed by atoms with E-state index >= 15 is 0 Å². The molecule has 26 heavy (non-hydrogen) atoms. The summed E-state index contributed by atoms with van der Waals surface area (Å²) in [6.07, 6.45) is 1.83. The van der Waals surface area contributed by atoms with E-state index in [2.05, 4.69) is 28.7 Å². The van der Waals surface area contributed by atoms with Crippen LogP contribution in [0.25, 0.3) is 5.69 Å². The lowest BCUT2D eigenvalue weighted by atomic mass is 10.1. The van der Waals surface area contributed by atoms with Gasteiger partial charge in [-0.05, 0) is 25.0 Å². The number of hydrogen-bond acceptors (Lipinski definition) is 6. The standard InChI is InChI=1S/C17H24N4O4S/c1-11(2)9-16-18-17(12(3)20-26(4,22)23)21(19-16)13-5-6-14-15(10-13)25-8-7-24-14/h5-6,10-12,20H,7-9H2,1-4H3/t12-/m0/s1. The van der Waals surface area contributed by atoms with Crippen LogP contribution in [0, 0.1) is 5.92 Å². The van der Waals surface area contributed by atoms with Crippen LogP contribution in [0.1, 0.15) is 38.5 Å². The number of nitrogens with zero attached hydrogens (tertiary/aromatic N) is 3. The maximum absolute atomic E-state index is 11.6. The van der Waals surface area contributed by atoms with Gasteiger partial charge in [-0.25, -0.2) is 22.8 Å². The highest BCUT2D eigenvalue weighted by atomic mass is 32.2. The van der Waals surface area contributed by atoms with E-state index in [1.165, 1.54) is 0 Å². The predicted molar refractivity (Wildman–Crippen MR) is 97.3 cm³/mol. The molecule has 0 saturated carbocycles. The highest BCUT2D eigenvalue weighted by Crippen LogP contribution is 2.32. The van der Waals surface area contributed by atoms with Gasteiger partial charge in [0.2, 0.25) is 10.0 Å². The molecule has 142 valence electrons. The minimum atomic E-state index is -3.37. The van der Waals surface area contributed by atoms with Crippen LogP contribution in [0.3, 0.4) is 0 Å². The SMILES string of the molecule is CC(C)Cc1nc([C@H](C)NS(C)(=O)=O)n(-c2ccc3c(c2)OCCO3)n1. The lowest BCUT2D eigenvalue weighted by Crippen LogP contribution is -2.27. The fourth-order valence-electron chi connectivity index (χ4n) is 2.83. The van der Waals surface area contributed by atoms with Gasteiger partial charge in [-0.1, -0.05) is 13.8 Å². The average Bonchev–Trinajstić information content (AvgIpc) is 2.96. The van der Waals surface area contributed by atoms with E-state index < -0.39 is 16.1 Å². The number of aromatic nitrogens is 3. The second kappa shape index (κ2) is 7.24. The van der Waals surface area contributed by atoms with Crippen molar-refractivity contribution in [3.63, 3.8) is 0 Å². The molecule has 0 saturated heterocycles. The number of benzene rings is 1. The lowest BCUT2D eigenvalue weighted by molar-refractivity contribution is 0.171. The molecule has 0 spiro atoms. The monoisotopic (exact) mass is 380 g/mol. The van der Waals surface area contributed by atoms with Gasteiger partial charge in [-0.15, -0.1) is 0 Å². The largest absolute Gasteiger partial charge is 0.486 e. The zero-order chi connectivity index (χ0) is 18.9. The van der Waals surface area contributed by atoms with Crippen molar-refractivity contribution in [2.24, 2.45) is 5.92 Å². The maximum Gasteiger partial charge on any atom is 0.209 e. The third kappa shape index (κ3) is 4.34. The first-order valence-electron chi connectivity index (χ1n) is 8.56. The Kier molecular flexibility index (Phi) is 5.19. The fraction of sp³-hybridized carbons (Fsp3) is 0.529. The first kappa shape index (κ1) is 18.7. The van der Waals surface area contributed by atoms with Gasteiger partial charge in [0.25, 0.3) is 0 Å². The fourth-order valence-corrected chi connectivity index (χ4v) is 3.58. The Bertz CT molecular complexity index is 892. The van der Waals surface area contributed by atoms with Gasteiger partial charge in [-0.3, -0.25) is 0 Å². The molecule has 1 aromatic heterocycles. The van der Waals surface area contributed by atoms with E-state index in [4.69, 9.17) is 9.47 Å². The second-order valence-corrected chi connectivity index (χ2v) is 8.62. The maximum atomic E-state index is 11.6. The summed E-state index contributed by atoms with van der Waals surface area (Å²) in [7, 11) is -3.37. The molecular formula is C17H24N4O4S. The summed E-state index contributed by atoms with van der Waals surface area (Å²) in [5.74, 6) is 2.92. The van der Waals surface area contributed by atoms with E-state index in [0.717, 1.165) is 11.9 Å². The number of hydrogen-bond donors (Lipinski definition) is 1. The highest BCUT2D eigenvalue weighted by Gasteiger charge is 2.22. The molecular weight excluding hydrogens is 356 g/mol. The normalized spacial score (nSPS) is 15.3. The smallest absolute Gasteiger partial charge is 0.209 e. The molecule has 9 heteroatoms. The molecule has 0 aliphatic carbocycles. The molecule has 3 rings (SSSR count). The molecule has 0 bridgehead atoms. The van der Waals surface area contributed by atoms with Crippen LogP contribution in [0.2, 0.25) is 0 Å². The van der Waals surface area contributed by atoms with Crippen molar-refractivity contribution in [2.75, 3.05) is 19.5 Å². The van der Waals surface area contributed by atoms with E-state index in [1.807, 2.05) is 18.2 Å². The van der Waals surface area contributed by atoms with E-state index in [0.29, 0.717) is 48.7 Å². The Labute approximate surface area is 153 Å². The van der Waals surface area contributed by atoms with Crippen molar-refractivity contribution in [3.8, 4) is 17.2 Å². The van der Waals surface area contributed by atoms with Crippen LogP contribution in [0.5, 0.6) is 11.5 Å². The van der Waals surface area contributed by atoms with Crippen molar-refractivity contribution < 1.29 is 17.9 Å². The Balaban J connectivity index is 2.02. The van der Waals surface area contributed by atoms with E-state index in [1.54, 1.807) is 11.6 Å². The summed E-state index contributed by atoms with van der Waals surface area (Å²) in [4.78, 5) is 4.58. The van der Waals surface area contributed by atoms with Crippen LogP contribution in [-0.2, 0) is 16.4 Å². The van der Waals surface area contributed by atoms with Crippen molar-refractivity contribution in [1.82, 2.24) is 19.5 Å². The van der Waals surface area contributed by atoms with Crippen molar-refractivity contribution >= 4 is 10.0 Å². The molecule has 0 fully saturated rings. The lowest BCUT2D eigenvalue weighted by Gasteiger charge is -2.19. The van der Waals surface area contributed by atoms with Gasteiger partial charge < -0.3 is 9.47 Å². The Morgan fingerprint density at radius 2 is 1.88 bits per heavy atom. The van der Waals surface area contributed by atoms with Crippen LogP contribution < -0.4 is 14.2 Å². The third-order valence-electron chi connectivity index (χ3n) is 3.82. The summed E-state index contributed by atoms with van der Waals surface area (Å²) in [6.45, 7) is 6.93. The number of sulfonamides is 1. The van der Waals surface area contributed by atoms with Gasteiger partial charge in [0, 0.05) is 12.5 Å². The summed E-state index contributed by atoms with van der Waals surface area (Å²) in [6, 6.07) is 5.00.